The van der Waals surface area contributed by atoms with E-state index in [9.17, 15) is 0 Å². The van der Waals surface area contributed by atoms with Crippen molar-refractivity contribution in [1.82, 2.24) is 9.62 Å². The van der Waals surface area contributed by atoms with Crippen molar-refractivity contribution in [2.45, 2.75) is 57.3 Å². The van der Waals surface area contributed by atoms with Gasteiger partial charge in [-0.25, -0.2) is 4.99 Å². The minimum Gasteiger partial charge on any atom is -0.397 e. The average Bonchev–Trinajstić information content (AvgIpc) is 2.85. The molecule has 192 valence electrons. The molecule has 0 atom stereocenters. The SMILES string of the molecule is CCCCCN(C)CCNSc1ccc(NC(N)=Nc2cc(C)c(N3CCCCC3)cc2N)cc1. The van der Waals surface area contributed by atoms with E-state index in [1.165, 1.54) is 49.8 Å². The number of aliphatic imine (C=N–C) groups is 1. The highest BCUT2D eigenvalue weighted by molar-refractivity contribution is 7.97. The van der Waals surface area contributed by atoms with Gasteiger partial charge >= 0.3 is 0 Å². The largest absolute Gasteiger partial charge is 0.397 e. The molecule has 0 amide bonds. The molecule has 0 bridgehead atoms. The standard InChI is InChI=1S/C27H43N7S/c1-4-5-7-15-33(3)18-14-30-35-23-12-10-22(11-13-23)31-27(29)32-25-19-21(2)26(20-24(25)28)34-16-8-6-9-17-34/h10-13,19-20,30H,4-9,14-18,28H2,1-3H3,(H3,29,31,32). The van der Waals surface area contributed by atoms with Crippen LogP contribution in [-0.4, -0.2) is 50.6 Å². The summed E-state index contributed by atoms with van der Waals surface area (Å²) in [6.45, 7) is 9.69. The highest BCUT2D eigenvalue weighted by Gasteiger charge is 2.15. The molecule has 0 radical (unpaired) electrons. The van der Waals surface area contributed by atoms with Crippen molar-refractivity contribution in [3.63, 3.8) is 0 Å². The van der Waals surface area contributed by atoms with Crippen LogP contribution >= 0.6 is 11.9 Å². The third-order valence-electron chi connectivity index (χ3n) is 6.34. The molecule has 1 heterocycles. The predicted molar refractivity (Wildman–Crippen MR) is 154 cm³/mol. The third kappa shape index (κ3) is 8.94. The van der Waals surface area contributed by atoms with Gasteiger partial charge in [0.25, 0.3) is 0 Å². The Labute approximate surface area is 215 Å². The summed E-state index contributed by atoms with van der Waals surface area (Å²) in [5.41, 5.74) is 17.2. The average molecular weight is 498 g/mol. The van der Waals surface area contributed by atoms with Crippen LogP contribution in [0.1, 0.15) is 51.0 Å². The zero-order valence-corrected chi connectivity index (χ0v) is 22.5. The van der Waals surface area contributed by atoms with E-state index < -0.39 is 0 Å². The normalized spacial score (nSPS) is 14.5. The molecule has 6 N–H and O–H groups in total. The van der Waals surface area contributed by atoms with Gasteiger partial charge in [-0.05, 0) is 100 Å². The predicted octanol–water partition coefficient (Wildman–Crippen LogP) is 5.34. The second-order valence-corrected chi connectivity index (χ2v) is 10.4. The number of unbranched alkanes of at least 4 members (excludes halogenated alkanes) is 2. The number of nitrogens with two attached hydrogens (primary N) is 2. The lowest BCUT2D eigenvalue weighted by atomic mass is 10.1. The zero-order chi connectivity index (χ0) is 25.0. The highest BCUT2D eigenvalue weighted by Crippen LogP contribution is 2.33. The maximum atomic E-state index is 6.34. The molecule has 35 heavy (non-hydrogen) atoms. The van der Waals surface area contributed by atoms with Crippen molar-refractivity contribution in [2.75, 3.05) is 55.7 Å². The Morgan fingerprint density at radius 2 is 1.83 bits per heavy atom. The fraction of sp³-hybridized carbons (Fsp3) is 0.519. The van der Waals surface area contributed by atoms with Gasteiger partial charge < -0.3 is 26.6 Å². The number of hydrogen-bond acceptors (Lipinski definition) is 6. The number of nitrogens with one attached hydrogen (secondary N) is 2. The van der Waals surface area contributed by atoms with Crippen LogP contribution in [0.5, 0.6) is 0 Å². The van der Waals surface area contributed by atoms with Crippen LogP contribution in [0.4, 0.5) is 22.7 Å². The van der Waals surface area contributed by atoms with Crippen molar-refractivity contribution in [1.29, 1.82) is 0 Å². The number of anilines is 3. The molecule has 1 saturated heterocycles. The van der Waals surface area contributed by atoms with Crippen molar-refractivity contribution in [3.8, 4) is 0 Å². The lowest BCUT2D eigenvalue weighted by Crippen LogP contribution is -2.30. The number of benzene rings is 2. The fourth-order valence-corrected chi connectivity index (χ4v) is 4.93. The molecule has 0 aromatic heterocycles. The van der Waals surface area contributed by atoms with E-state index in [0.717, 1.165) is 43.3 Å². The Hall–Kier alpha value is -2.42. The summed E-state index contributed by atoms with van der Waals surface area (Å²) in [4.78, 5) is 10.5. The Balaban J connectivity index is 1.48. The summed E-state index contributed by atoms with van der Waals surface area (Å²) in [6, 6.07) is 12.2. The third-order valence-corrected chi connectivity index (χ3v) is 7.19. The van der Waals surface area contributed by atoms with Crippen LogP contribution < -0.4 is 26.4 Å². The molecule has 3 rings (SSSR count). The molecule has 0 unspecified atom stereocenters. The molecule has 0 spiro atoms. The smallest absolute Gasteiger partial charge is 0.198 e. The molecule has 8 heteroatoms. The number of piperidine rings is 1. The number of aryl methyl sites for hydroxylation is 1. The van der Waals surface area contributed by atoms with Gasteiger partial charge in [0.05, 0.1) is 11.4 Å². The van der Waals surface area contributed by atoms with Crippen molar-refractivity contribution < 1.29 is 0 Å². The van der Waals surface area contributed by atoms with Gasteiger partial charge in [0.2, 0.25) is 0 Å². The molecular formula is C27H43N7S. The Bertz CT molecular complexity index is 939. The van der Waals surface area contributed by atoms with Crippen LogP contribution in [0.3, 0.4) is 0 Å². The van der Waals surface area contributed by atoms with E-state index in [-0.39, 0.29) is 0 Å². The molecule has 0 aliphatic carbocycles. The van der Waals surface area contributed by atoms with Crippen molar-refractivity contribution in [2.24, 2.45) is 10.7 Å². The minimum atomic E-state index is 0.325. The van der Waals surface area contributed by atoms with Crippen LogP contribution in [0.2, 0.25) is 0 Å². The summed E-state index contributed by atoms with van der Waals surface area (Å²) in [5.74, 6) is 0.325. The minimum absolute atomic E-state index is 0.325. The molecule has 2 aromatic carbocycles. The van der Waals surface area contributed by atoms with Gasteiger partial charge in [-0.3, -0.25) is 4.72 Å². The van der Waals surface area contributed by atoms with E-state index in [1.807, 2.05) is 24.3 Å². The number of nitrogen functional groups attached to an aromatic ring is 1. The Kier molecular flexibility index (Phi) is 11.0. The highest BCUT2D eigenvalue weighted by atomic mass is 32.2. The van der Waals surface area contributed by atoms with E-state index in [2.05, 4.69) is 57.9 Å². The quantitative estimate of drug-likeness (QED) is 0.103. The van der Waals surface area contributed by atoms with Crippen molar-refractivity contribution >= 4 is 40.7 Å². The van der Waals surface area contributed by atoms with E-state index >= 15 is 0 Å². The summed E-state index contributed by atoms with van der Waals surface area (Å²) in [5, 5.41) is 3.17. The summed E-state index contributed by atoms with van der Waals surface area (Å²) in [6.07, 6.45) is 7.63. The van der Waals surface area contributed by atoms with Gasteiger partial charge in [0.1, 0.15) is 0 Å². The maximum Gasteiger partial charge on any atom is 0.198 e. The number of hydrogen-bond donors (Lipinski definition) is 4. The zero-order valence-electron chi connectivity index (χ0n) is 21.6. The van der Waals surface area contributed by atoms with E-state index in [0.29, 0.717) is 17.3 Å². The van der Waals surface area contributed by atoms with Crippen molar-refractivity contribution in [3.05, 3.63) is 42.0 Å². The second-order valence-electron chi connectivity index (χ2n) is 9.40. The van der Waals surface area contributed by atoms with Crippen LogP contribution in [-0.2, 0) is 0 Å². The molecule has 7 nitrogen and oxygen atoms in total. The molecule has 1 aliphatic rings. The molecule has 1 aliphatic heterocycles. The molecule has 2 aromatic rings. The van der Waals surface area contributed by atoms with Gasteiger partial charge in [-0.15, -0.1) is 0 Å². The lowest BCUT2D eigenvalue weighted by Gasteiger charge is -2.30. The van der Waals surface area contributed by atoms with E-state index in [4.69, 9.17) is 11.5 Å². The van der Waals surface area contributed by atoms with Gasteiger partial charge in [-0.2, -0.15) is 0 Å². The monoisotopic (exact) mass is 497 g/mol. The van der Waals surface area contributed by atoms with Gasteiger partial charge in [-0.1, -0.05) is 19.8 Å². The maximum absolute atomic E-state index is 6.34. The number of nitrogens with zero attached hydrogens (tertiary/aromatic N) is 3. The first-order valence-corrected chi connectivity index (χ1v) is 13.7. The lowest BCUT2D eigenvalue weighted by molar-refractivity contribution is 0.331. The topological polar surface area (TPSA) is 94.9 Å². The molecular weight excluding hydrogens is 454 g/mol. The number of guanidine groups is 1. The van der Waals surface area contributed by atoms with Gasteiger partial charge in [0.15, 0.2) is 5.96 Å². The number of likely N-dealkylation sites (N-methyl/N-ethyl adjacent to an activating group) is 1. The summed E-state index contributed by atoms with van der Waals surface area (Å²) < 4.78 is 3.44. The number of rotatable bonds is 12. The second kappa shape index (κ2) is 14.2. The first-order valence-electron chi connectivity index (χ1n) is 12.9. The van der Waals surface area contributed by atoms with Crippen LogP contribution in [0, 0.1) is 6.92 Å². The first kappa shape index (κ1) is 27.2. The van der Waals surface area contributed by atoms with E-state index in [1.54, 1.807) is 11.9 Å². The molecule has 1 fully saturated rings. The van der Waals surface area contributed by atoms with Crippen LogP contribution in [0.25, 0.3) is 0 Å². The first-order chi connectivity index (χ1) is 17.0. The Morgan fingerprint density at radius 3 is 2.54 bits per heavy atom. The Morgan fingerprint density at radius 1 is 1.09 bits per heavy atom. The van der Waals surface area contributed by atoms with Gasteiger partial charge in [0, 0.05) is 42.4 Å². The molecule has 0 saturated carbocycles. The summed E-state index contributed by atoms with van der Waals surface area (Å²) in [7, 11) is 2.19. The fourth-order valence-electron chi connectivity index (χ4n) is 4.30. The van der Waals surface area contributed by atoms with Crippen LogP contribution in [0.15, 0.2) is 46.3 Å². The summed E-state index contributed by atoms with van der Waals surface area (Å²) >= 11 is 1.65.